The fourth-order valence-corrected chi connectivity index (χ4v) is 0.733. The molecule has 10 heavy (non-hydrogen) atoms. The standard InChI is InChI=1S/C6H10N2O2/c9-2-1-5-3-6(4-10)8-7-5/h3,9-10H,1-2,4H2,(H,7,8). The number of H-pyrrole nitrogens is 1. The maximum atomic E-state index is 8.59. The minimum Gasteiger partial charge on any atom is -0.396 e. The Labute approximate surface area is 58.5 Å². The average Bonchev–Trinajstić information content (AvgIpc) is 2.37. The van der Waals surface area contributed by atoms with Crippen LogP contribution in [0.5, 0.6) is 0 Å². The summed E-state index contributed by atoms with van der Waals surface area (Å²) in [6.45, 7) is 0.0636. The monoisotopic (exact) mass is 142 g/mol. The number of hydrogen-bond acceptors (Lipinski definition) is 3. The molecule has 4 nitrogen and oxygen atoms in total. The molecule has 0 unspecified atom stereocenters. The first-order valence-corrected chi connectivity index (χ1v) is 3.11. The summed E-state index contributed by atoms with van der Waals surface area (Å²) in [5, 5.41) is 23.5. The van der Waals surface area contributed by atoms with Gasteiger partial charge in [-0.1, -0.05) is 0 Å². The Morgan fingerprint density at radius 3 is 2.80 bits per heavy atom. The van der Waals surface area contributed by atoms with Crippen molar-refractivity contribution in [1.82, 2.24) is 10.2 Å². The van der Waals surface area contributed by atoms with E-state index < -0.39 is 0 Å². The molecule has 0 aliphatic rings. The smallest absolute Gasteiger partial charge is 0.0847 e. The SMILES string of the molecule is OCCc1cc(CO)[nH]n1. The van der Waals surface area contributed by atoms with E-state index in [1.165, 1.54) is 0 Å². The second-order valence-corrected chi connectivity index (χ2v) is 2.02. The van der Waals surface area contributed by atoms with E-state index in [4.69, 9.17) is 10.2 Å². The molecule has 0 aliphatic heterocycles. The molecule has 3 N–H and O–H groups in total. The molecule has 0 amide bonds. The molecule has 0 fully saturated rings. The highest BCUT2D eigenvalue weighted by atomic mass is 16.3. The first-order valence-electron chi connectivity index (χ1n) is 3.11. The van der Waals surface area contributed by atoms with Crippen LogP contribution in [0.4, 0.5) is 0 Å². The lowest BCUT2D eigenvalue weighted by Gasteiger charge is -1.85. The lowest BCUT2D eigenvalue weighted by molar-refractivity contribution is 0.276. The first kappa shape index (κ1) is 7.24. The van der Waals surface area contributed by atoms with Gasteiger partial charge < -0.3 is 10.2 Å². The quantitative estimate of drug-likeness (QED) is 0.529. The summed E-state index contributed by atoms with van der Waals surface area (Å²) < 4.78 is 0. The summed E-state index contributed by atoms with van der Waals surface area (Å²) in [5.41, 5.74) is 1.47. The number of aromatic nitrogens is 2. The van der Waals surface area contributed by atoms with Crippen LogP contribution in [0.3, 0.4) is 0 Å². The minimum absolute atomic E-state index is 0.0293. The van der Waals surface area contributed by atoms with E-state index in [1.54, 1.807) is 6.07 Å². The zero-order valence-corrected chi connectivity index (χ0v) is 5.54. The number of aliphatic hydroxyl groups excluding tert-OH is 2. The Morgan fingerprint density at radius 1 is 1.50 bits per heavy atom. The van der Waals surface area contributed by atoms with Gasteiger partial charge in [-0.15, -0.1) is 0 Å². The molecule has 0 aliphatic carbocycles. The van der Waals surface area contributed by atoms with E-state index in [0.29, 0.717) is 12.1 Å². The van der Waals surface area contributed by atoms with Crippen molar-refractivity contribution in [2.45, 2.75) is 13.0 Å². The van der Waals surface area contributed by atoms with Crippen LogP contribution in [0.15, 0.2) is 6.07 Å². The van der Waals surface area contributed by atoms with Gasteiger partial charge in [-0.2, -0.15) is 5.10 Å². The molecule has 0 saturated carbocycles. The highest BCUT2D eigenvalue weighted by Gasteiger charge is 1.97. The molecule has 0 radical (unpaired) electrons. The van der Waals surface area contributed by atoms with Crippen LogP contribution in [0.1, 0.15) is 11.4 Å². The highest BCUT2D eigenvalue weighted by molar-refractivity contribution is 5.07. The van der Waals surface area contributed by atoms with E-state index in [1.807, 2.05) is 0 Å². The number of rotatable bonds is 3. The molecule has 0 bridgehead atoms. The third-order valence-electron chi connectivity index (χ3n) is 1.22. The van der Waals surface area contributed by atoms with E-state index in [9.17, 15) is 0 Å². The average molecular weight is 142 g/mol. The molecule has 4 heteroatoms. The normalized spacial score (nSPS) is 10.2. The van der Waals surface area contributed by atoms with Gasteiger partial charge in [0.1, 0.15) is 0 Å². The van der Waals surface area contributed by atoms with Gasteiger partial charge in [0.15, 0.2) is 0 Å². The number of aliphatic hydroxyl groups is 2. The molecule has 0 spiro atoms. The lowest BCUT2D eigenvalue weighted by Crippen LogP contribution is -1.89. The third-order valence-corrected chi connectivity index (χ3v) is 1.22. The molecule has 0 saturated heterocycles. The summed E-state index contributed by atoms with van der Waals surface area (Å²) in [7, 11) is 0. The summed E-state index contributed by atoms with van der Waals surface area (Å²) in [5.74, 6) is 0. The molecule has 1 aromatic rings. The predicted octanol–water partition coefficient (Wildman–Crippen LogP) is -0.563. The summed E-state index contributed by atoms with van der Waals surface area (Å²) in [6.07, 6.45) is 0.538. The van der Waals surface area contributed by atoms with Crippen LogP contribution in [0.2, 0.25) is 0 Å². The maximum absolute atomic E-state index is 8.59. The number of hydrogen-bond donors (Lipinski definition) is 3. The topological polar surface area (TPSA) is 69.1 Å². The Bertz CT molecular complexity index is 197. The van der Waals surface area contributed by atoms with Gasteiger partial charge in [0.05, 0.1) is 18.0 Å². The molecular weight excluding hydrogens is 132 g/mol. The van der Waals surface area contributed by atoms with Crippen molar-refractivity contribution in [2.75, 3.05) is 6.61 Å². The Balaban J connectivity index is 2.59. The van der Waals surface area contributed by atoms with Gasteiger partial charge >= 0.3 is 0 Å². The van der Waals surface area contributed by atoms with Gasteiger partial charge in [-0.3, -0.25) is 5.10 Å². The minimum atomic E-state index is -0.0293. The molecule has 0 atom stereocenters. The van der Waals surface area contributed by atoms with E-state index in [0.717, 1.165) is 5.69 Å². The van der Waals surface area contributed by atoms with Gasteiger partial charge in [-0.25, -0.2) is 0 Å². The van der Waals surface area contributed by atoms with Crippen molar-refractivity contribution in [3.63, 3.8) is 0 Å². The maximum Gasteiger partial charge on any atom is 0.0847 e. The fraction of sp³-hybridized carbons (Fsp3) is 0.500. The zero-order chi connectivity index (χ0) is 7.40. The van der Waals surface area contributed by atoms with Crippen LogP contribution >= 0.6 is 0 Å². The van der Waals surface area contributed by atoms with Gasteiger partial charge in [0.25, 0.3) is 0 Å². The van der Waals surface area contributed by atoms with E-state index in [2.05, 4.69) is 10.2 Å². The Hall–Kier alpha value is -0.870. The van der Waals surface area contributed by atoms with Crippen LogP contribution < -0.4 is 0 Å². The number of nitrogens with zero attached hydrogens (tertiary/aromatic N) is 1. The first-order chi connectivity index (χ1) is 4.86. The molecule has 1 rings (SSSR count). The van der Waals surface area contributed by atoms with Crippen molar-refractivity contribution in [3.05, 3.63) is 17.5 Å². The largest absolute Gasteiger partial charge is 0.396 e. The lowest BCUT2D eigenvalue weighted by atomic mass is 10.3. The van der Waals surface area contributed by atoms with Crippen LogP contribution in [0.25, 0.3) is 0 Å². The van der Waals surface area contributed by atoms with Gasteiger partial charge in [-0.05, 0) is 6.07 Å². The molecule has 56 valence electrons. The van der Waals surface area contributed by atoms with Crippen LogP contribution in [0, 0.1) is 0 Å². The summed E-state index contributed by atoms with van der Waals surface area (Å²) in [6, 6.07) is 1.73. The third kappa shape index (κ3) is 1.55. The van der Waals surface area contributed by atoms with Gasteiger partial charge in [0.2, 0.25) is 0 Å². The van der Waals surface area contributed by atoms with Crippen LogP contribution in [-0.4, -0.2) is 27.0 Å². The van der Waals surface area contributed by atoms with Crippen molar-refractivity contribution < 1.29 is 10.2 Å². The molecule has 0 aromatic carbocycles. The molecular formula is C6H10N2O2. The summed E-state index contributed by atoms with van der Waals surface area (Å²) >= 11 is 0. The second kappa shape index (κ2) is 3.34. The molecule has 1 aromatic heterocycles. The van der Waals surface area contributed by atoms with Crippen molar-refractivity contribution in [2.24, 2.45) is 0 Å². The van der Waals surface area contributed by atoms with Crippen molar-refractivity contribution >= 4 is 0 Å². The van der Waals surface area contributed by atoms with E-state index in [-0.39, 0.29) is 13.2 Å². The number of nitrogens with one attached hydrogen (secondary N) is 1. The Kier molecular flexibility index (Phi) is 2.42. The van der Waals surface area contributed by atoms with Crippen molar-refractivity contribution in [1.29, 1.82) is 0 Å². The highest BCUT2D eigenvalue weighted by Crippen LogP contribution is 1.98. The van der Waals surface area contributed by atoms with Crippen LogP contribution in [-0.2, 0) is 13.0 Å². The second-order valence-electron chi connectivity index (χ2n) is 2.02. The van der Waals surface area contributed by atoms with Gasteiger partial charge in [0, 0.05) is 13.0 Å². The Morgan fingerprint density at radius 2 is 2.30 bits per heavy atom. The zero-order valence-electron chi connectivity index (χ0n) is 5.54. The molecule has 1 heterocycles. The van der Waals surface area contributed by atoms with E-state index >= 15 is 0 Å². The number of aromatic amines is 1. The fourth-order valence-electron chi connectivity index (χ4n) is 0.733. The van der Waals surface area contributed by atoms with Crippen molar-refractivity contribution in [3.8, 4) is 0 Å². The predicted molar refractivity (Wildman–Crippen MR) is 35.3 cm³/mol. The summed E-state index contributed by atoms with van der Waals surface area (Å²) in [4.78, 5) is 0.